The van der Waals surface area contributed by atoms with Crippen LogP contribution in [0, 0.1) is 18.3 Å². The third-order valence-corrected chi connectivity index (χ3v) is 7.33. The summed E-state index contributed by atoms with van der Waals surface area (Å²) in [6.07, 6.45) is 2.61. The third-order valence-electron chi connectivity index (χ3n) is 7.33. The summed E-state index contributed by atoms with van der Waals surface area (Å²) in [5.74, 6) is -0.562. The van der Waals surface area contributed by atoms with Crippen LogP contribution in [0.3, 0.4) is 0 Å². The quantitative estimate of drug-likeness (QED) is 0.366. The highest BCUT2D eigenvalue weighted by atomic mass is 16.5. The highest BCUT2D eigenvalue weighted by molar-refractivity contribution is 6.03. The summed E-state index contributed by atoms with van der Waals surface area (Å²) in [4.78, 5) is 34.8. The Hall–Kier alpha value is -3.62. The smallest absolute Gasteiger partial charge is 0.274 e. The Bertz CT molecular complexity index is 1380. The fraction of sp³-hybridized carbons (Fsp3) is 0.438. The third kappa shape index (κ3) is 6.57. The monoisotopic (exact) mass is 544 g/mol. The molecule has 1 saturated heterocycles. The van der Waals surface area contributed by atoms with Gasteiger partial charge in [-0.1, -0.05) is 39.8 Å². The van der Waals surface area contributed by atoms with Crippen LogP contribution >= 0.6 is 0 Å². The molecule has 1 aromatic carbocycles. The lowest BCUT2D eigenvalue weighted by molar-refractivity contribution is -0.169. The fourth-order valence-electron chi connectivity index (χ4n) is 5.26. The minimum Gasteiger partial charge on any atom is -0.393 e. The molecule has 1 aliphatic heterocycles. The number of hydrogen-bond acceptors (Lipinski definition) is 6. The van der Waals surface area contributed by atoms with Gasteiger partial charge in [0.25, 0.3) is 11.8 Å². The van der Waals surface area contributed by atoms with Crippen LogP contribution in [0.4, 0.5) is 5.69 Å². The van der Waals surface area contributed by atoms with Gasteiger partial charge in [0.2, 0.25) is 0 Å². The lowest BCUT2D eigenvalue weighted by Gasteiger charge is -2.45. The number of hydrogen-bond donors (Lipinski definition) is 3. The second-order valence-electron chi connectivity index (χ2n) is 12.1. The van der Waals surface area contributed by atoms with Crippen molar-refractivity contribution in [3.63, 3.8) is 0 Å². The molecular weight excluding hydrogens is 504 g/mol. The van der Waals surface area contributed by atoms with E-state index < -0.39 is 12.2 Å². The molecule has 212 valence electrons. The summed E-state index contributed by atoms with van der Waals surface area (Å²) in [5, 5.41) is 16.7. The average molecular weight is 545 g/mol. The highest BCUT2D eigenvalue weighted by Crippen LogP contribution is 2.43. The maximum absolute atomic E-state index is 13.4. The number of benzene rings is 1. The van der Waals surface area contributed by atoms with Crippen molar-refractivity contribution in [3.05, 3.63) is 77.2 Å². The maximum Gasteiger partial charge on any atom is 0.274 e. The van der Waals surface area contributed by atoms with Gasteiger partial charge >= 0.3 is 0 Å². The van der Waals surface area contributed by atoms with Gasteiger partial charge in [-0.3, -0.25) is 14.6 Å². The van der Waals surface area contributed by atoms with Gasteiger partial charge in [0, 0.05) is 41.3 Å². The first kappa shape index (κ1) is 29.4. The van der Waals surface area contributed by atoms with Crippen LogP contribution < -0.4 is 10.6 Å². The van der Waals surface area contributed by atoms with Crippen LogP contribution in [0.1, 0.15) is 86.0 Å². The topological polar surface area (TPSA) is 113 Å². The fourth-order valence-corrected chi connectivity index (χ4v) is 5.26. The number of aliphatic hydroxyl groups is 1. The van der Waals surface area contributed by atoms with Gasteiger partial charge in [0.1, 0.15) is 5.69 Å². The summed E-state index contributed by atoms with van der Waals surface area (Å²) in [6.45, 7) is 14.1. The van der Waals surface area contributed by atoms with Crippen molar-refractivity contribution in [3.8, 4) is 11.3 Å². The number of ether oxygens (including phenoxy) is 1. The predicted octanol–water partition coefficient (Wildman–Crippen LogP) is 5.72. The highest BCUT2D eigenvalue weighted by Gasteiger charge is 2.42. The lowest BCUT2D eigenvalue weighted by Crippen LogP contribution is -2.46. The zero-order valence-corrected chi connectivity index (χ0v) is 24.4. The van der Waals surface area contributed by atoms with Gasteiger partial charge in [-0.15, -0.1) is 0 Å². The Morgan fingerprint density at radius 3 is 2.55 bits per heavy atom. The molecule has 0 bridgehead atoms. The van der Waals surface area contributed by atoms with Gasteiger partial charge in [0.15, 0.2) is 0 Å². The molecule has 4 atom stereocenters. The number of nitrogens with one attached hydrogen (secondary N) is 2. The van der Waals surface area contributed by atoms with Gasteiger partial charge in [-0.05, 0) is 62.1 Å². The maximum atomic E-state index is 13.4. The molecule has 0 saturated carbocycles. The molecule has 4 rings (SSSR count). The minimum atomic E-state index is -0.528. The van der Waals surface area contributed by atoms with E-state index in [1.807, 2.05) is 45.9 Å². The molecule has 3 aromatic rings. The first-order chi connectivity index (χ1) is 18.8. The van der Waals surface area contributed by atoms with Crippen LogP contribution in [0.25, 0.3) is 11.3 Å². The molecule has 0 spiro atoms. The molecule has 2 aromatic heterocycles. The Morgan fingerprint density at radius 1 is 1.10 bits per heavy atom. The molecule has 1 fully saturated rings. The molecule has 40 heavy (non-hydrogen) atoms. The summed E-state index contributed by atoms with van der Waals surface area (Å²) in [6, 6.07) is 12.6. The van der Waals surface area contributed by atoms with Crippen LogP contribution in [0.15, 0.2) is 54.9 Å². The SMILES string of the molecule is Cc1ccc(C(=O)NC(C)C)cc1-c1cccc(C(=O)Nc2cnccc2C2CC(O)C(C)C(C(C)(C)C)O2)n1. The zero-order valence-electron chi connectivity index (χ0n) is 24.4. The van der Waals surface area contributed by atoms with Gasteiger partial charge in [-0.2, -0.15) is 0 Å². The number of carbonyl (C=O) groups excluding carboxylic acids is 2. The average Bonchev–Trinajstić information content (AvgIpc) is 2.89. The first-order valence-electron chi connectivity index (χ1n) is 13.8. The number of rotatable bonds is 6. The summed E-state index contributed by atoms with van der Waals surface area (Å²) in [5.41, 5.74) is 4.19. The van der Waals surface area contributed by atoms with E-state index in [1.54, 1.807) is 36.7 Å². The molecule has 1 aliphatic rings. The largest absolute Gasteiger partial charge is 0.393 e. The lowest BCUT2D eigenvalue weighted by atomic mass is 9.76. The van der Waals surface area contributed by atoms with Crippen LogP contribution in [0.5, 0.6) is 0 Å². The van der Waals surface area contributed by atoms with Crippen molar-refractivity contribution in [2.24, 2.45) is 11.3 Å². The van der Waals surface area contributed by atoms with E-state index in [1.165, 1.54) is 0 Å². The molecular formula is C32H40N4O4. The van der Waals surface area contributed by atoms with E-state index in [4.69, 9.17) is 4.74 Å². The second-order valence-corrected chi connectivity index (χ2v) is 12.1. The normalized spacial score (nSPS) is 21.2. The number of aliphatic hydroxyl groups excluding tert-OH is 1. The molecule has 0 radical (unpaired) electrons. The Balaban J connectivity index is 1.59. The van der Waals surface area contributed by atoms with Crippen molar-refractivity contribution >= 4 is 17.5 Å². The molecule has 2 amide bonds. The van der Waals surface area contributed by atoms with E-state index in [0.29, 0.717) is 23.4 Å². The Kier molecular flexibility index (Phi) is 8.71. The number of aromatic nitrogens is 2. The van der Waals surface area contributed by atoms with Gasteiger partial charge in [-0.25, -0.2) is 4.98 Å². The number of carbonyl (C=O) groups is 2. The van der Waals surface area contributed by atoms with E-state index in [0.717, 1.165) is 16.7 Å². The van der Waals surface area contributed by atoms with Gasteiger partial charge < -0.3 is 20.5 Å². The second kappa shape index (κ2) is 11.9. The van der Waals surface area contributed by atoms with Crippen molar-refractivity contribution in [2.75, 3.05) is 5.32 Å². The number of amides is 2. The summed E-state index contributed by atoms with van der Waals surface area (Å²) in [7, 11) is 0. The van der Waals surface area contributed by atoms with Crippen LogP contribution in [-0.4, -0.2) is 45.1 Å². The van der Waals surface area contributed by atoms with E-state index in [2.05, 4.69) is 41.4 Å². The van der Waals surface area contributed by atoms with Crippen molar-refractivity contribution in [1.82, 2.24) is 15.3 Å². The number of aryl methyl sites for hydroxylation is 1. The number of pyridine rings is 2. The van der Waals surface area contributed by atoms with Crippen molar-refractivity contribution < 1.29 is 19.4 Å². The molecule has 3 heterocycles. The Morgan fingerprint density at radius 2 is 1.85 bits per heavy atom. The van der Waals surface area contributed by atoms with E-state index in [9.17, 15) is 14.7 Å². The summed E-state index contributed by atoms with van der Waals surface area (Å²) >= 11 is 0. The van der Waals surface area contributed by atoms with E-state index in [-0.39, 0.29) is 41.0 Å². The zero-order chi connectivity index (χ0) is 29.2. The van der Waals surface area contributed by atoms with E-state index >= 15 is 0 Å². The van der Waals surface area contributed by atoms with Gasteiger partial charge in [0.05, 0.1) is 35.9 Å². The minimum absolute atomic E-state index is 0.0125. The molecule has 4 unspecified atom stereocenters. The van der Waals surface area contributed by atoms with Crippen molar-refractivity contribution in [1.29, 1.82) is 0 Å². The van der Waals surface area contributed by atoms with Crippen LogP contribution in [0.2, 0.25) is 0 Å². The standard InChI is InChI=1S/C32H40N4O4/c1-18(2)34-30(38)21-12-11-19(3)23(15-21)24-9-8-10-25(35-24)31(39)36-26-17-33-14-13-22(26)28-16-27(37)20(4)29(40-28)32(5,6)7/h8-15,17-18,20,27-29,37H,16H2,1-7H3,(H,34,38)(H,36,39). The molecule has 8 heteroatoms. The van der Waals surface area contributed by atoms with Crippen molar-refractivity contribution in [2.45, 2.75) is 79.2 Å². The molecule has 3 N–H and O–H groups in total. The number of anilines is 1. The molecule has 0 aliphatic carbocycles. The Labute approximate surface area is 236 Å². The first-order valence-corrected chi connectivity index (χ1v) is 13.8. The summed E-state index contributed by atoms with van der Waals surface area (Å²) < 4.78 is 6.50. The number of nitrogens with zero attached hydrogens (tertiary/aromatic N) is 2. The molecule has 8 nitrogen and oxygen atoms in total. The predicted molar refractivity (Wildman–Crippen MR) is 156 cm³/mol. The van der Waals surface area contributed by atoms with Crippen LogP contribution in [-0.2, 0) is 4.74 Å².